The van der Waals surface area contributed by atoms with Crippen molar-refractivity contribution in [3.63, 3.8) is 0 Å². The van der Waals surface area contributed by atoms with Crippen molar-refractivity contribution in [2.24, 2.45) is 0 Å². The van der Waals surface area contributed by atoms with Crippen LogP contribution in [0.1, 0.15) is 21.6 Å². The molecule has 174 valence electrons. The van der Waals surface area contributed by atoms with Gasteiger partial charge in [-0.1, -0.05) is 12.1 Å². The summed E-state index contributed by atoms with van der Waals surface area (Å²) in [6, 6.07) is 7.77. The number of nitrogens with one attached hydrogen (secondary N) is 1. The van der Waals surface area contributed by atoms with E-state index in [2.05, 4.69) is 15.3 Å². The lowest BCUT2D eigenvalue weighted by molar-refractivity contribution is -0.119. The second kappa shape index (κ2) is 10.8. The number of anilines is 1. The van der Waals surface area contributed by atoms with E-state index in [0.29, 0.717) is 18.4 Å². The maximum atomic E-state index is 13.2. The second-order valence-corrected chi connectivity index (χ2v) is 7.40. The summed E-state index contributed by atoms with van der Waals surface area (Å²) < 4.78 is 23.1. The monoisotopic (exact) mass is 456 g/mol. The Hall–Kier alpha value is -3.63. The molecule has 3 aromatic rings. The molecule has 1 aromatic carbocycles. The highest BCUT2D eigenvalue weighted by atomic mass is 19.1. The van der Waals surface area contributed by atoms with E-state index in [1.807, 2.05) is 0 Å². The summed E-state index contributed by atoms with van der Waals surface area (Å²) in [5.74, 6) is -1.68. The molecule has 0 saturated carbocycles. The SMILES string of the molecule is COCCN(C)C(=O)c1nc(NC(=O)COC)c2cc(Cc3ccc(F)cc3)cnc2c1O. The molecular weight excluding hydrogens is 431 g/mol. The minimum atomic E-state index is -0.550. The van der Waals surface area contributed by atoms with Crippen molar-refractivity contribution in [1.29, 1.82) is 0 Å². The first-order valence-corrected chi connectivity index (χ1v) is 10.1. The molecule has 3 rings (SSSR count). The predicted octanol–water partition coefficient (Wildman–Crippen LogP) is 2.37. The highest BCUT2D eigenvalue weighted by Crippen LogP contribution is 2.32. The van der Waals surface area contributed by atoms with Crippen molar-refractivity contribution in [3.05, 3.63) is 59.2 Å². The summed E-state index contributed by atoms with van der Waals surface area (Å²) in [5.41, 5.74) is 1.47. The van der Waals surface area contributed by atoms with E-state index in [1.165, 1.54) is 31.3 Å². The van der Waals surface area contributed by atoms with Gasteiger partial charge in [0.25, 0.3) is 11.8 Å². The zero-order chi connectivity index (χ0) is 24.0. The third-order valence-electron chi connectivity index (χ3n) is 4.91. The first kappa shape index (κ1) is 24.0. The van der Waals surface area contributed by atoms with Crippen LogP contribution in [0.15, 0.2) is 36.5 Å². The summed E-state index contributed by atoms with van der Waals surface area (Å²) in [6.07, 6.45) is 1.99. The molecule has 0 unspecified atom stereocenters. The molecule has 2 amide bonds. The lowest BCUT2D eigenvalue weighted by Gasteiger charge is -2.18. The highest BCUT2D eigenvalue weighted by molar-refractivity contribution is 6.07. The number of hydrogen-bond donors (Lipinski definition) is 2. The number of nitrogens with zero attached hydrogens (tertiary/aromatic N) is 3. The van der Waals surface area contributed by atoms with Gasteiger partial charge in [0.05, 0.1) is 6.61 Å². The quantitative estimate of drug-likeness (QED) is 0.508. The fourth-order valence-corrected chi connectivity index (χ4v) is 3.20. The zero-order valence-electron chi connectivity index (χ0n) is 18.6. The van der Waals surface area contributed by atoms with Crippen LogP contribution in [0.4, 0.5) is 10.2 Å². The number of pyridine rings is 2. The molecule has 0 aliphatic carbocycles. The zero-order valence-corrected chi connectivity index (χ0v) is 18.6. The van der Waals surface area contributed by atoms with E-state index in [-0.39, 0.29) is 36.0 Å². The molecule has 2 N–H and O–H groups in total. The predicted molar refractivity (Wildman–Crippen MR) is 120 cm³/mol. The Balaban J connectivity index is 2.05. The molecule has 0 bridgehead atoms. The van der Waals surface area contributed by atoms with Crippen molar-refractivity contribution in [2.45, 2.75) is 6.42 Å². The highest BCUT2D eigenvalue weighted by Gasteiger charge is 2.24. The van der Waals surface area contributed by atoms with Crippen molar-refractivity contribution < 1.29 is 28.6 Å². The first-order valence-electron chi connectivity index (χ1n) is 10.1. The number of ether oxygens (including phenoxy) is 2. The number of amides is 2. The molecule has 0 atom stereocenters. The van der Waals surface area contributed by atoms with E-state index in [4.69, 9.17) is 9.47 Å². The van der Waals surface area contributed by atoms with Crippen molar-refractivity contribution in [1.82, 2.24) is 14.9 Å². The third-order valence-corrected chi connectivity index (χ3v) is 4.91. The van der Waals surface area contributed by atoms with Crippen LogP contribution in [0.3, 0.4) is 0 Å². The van der Waals surface area contributed by atoms with E-state index in [1.54, 1.807) is 31.4 Å². The number of aromatic hydroxyl groups is 1. The largest absolute Gasteiger partial charge is 0.504 e. The number of carbonyl (C=O) groups excluding carboxylic acids is 2. The van der Waals surface area contributed by atoms with E-state index in [9.17, 15) is 19.1 Å². The molecule has 2 heterocycles. The van der Waals surface area contributed by atoms with Crippen LogP contribution >= 0.6 is 0 Å². The number of carbonyl (C=O) groups is 2. The number of rotatable bonds is 9. The fraction of sp³-hybridized carbons (Fsp3) is 0.304. The van der Waals surface area contributed by atoms with Gasteiger partial charge < -0.3 is 24.8 Å². The van der Waals surface area contributed by atoms with E-state index in [0.717, 1.165) is 11.1 Å². The Bertz CT molecular complexity index is 1150. The summed E-state index contributed by atoms with van der Waals surface area (Å²) >= 11 is 0. The summed E-state index contributed by atoms with van der Waals surface area (Å²) in [4.78, 5) is 35.0. The normalized spacial score (nSPS) is 10.9. The van der Waals surface area contributed by atoms with Gasteiger partial charge in [-0.15, -0.1) is 0 Å². The molecule has 0 fully saturated rings. The summed E-state index contributed by atoms with van der Waals surface area (Å²) in [7, 11) is 4.44. The molecule has 0 radical (unpaired) electrons. The van der Waals surface area contributed by atoms with Gasteiger partial charge in [-0.05, 0) is 35.7 Å². The molecule has 0 spiro atoms. The van der Waals surface area contributed by atoms with Crippen LogP contribution in [0.5, 0.6) is 5.75 Å². The number of likely N-dealkylation sites (N-methyl/N-ethyl adjacent to an activating group) is 1. The van der Waals surface area contributed by atoms with Gasteiger partial charge in [0.15, 0.2) is 11.4 Å². The minimum Gasteiger partial charge on any atom is -0.504 e. The van der Waals surface area contributed by atoms with Gasteiger partial charge in [0.2, 0.25) is 0 Å². The molecule has 10 heteroatoms. The number of halogens is 1. The topological polar surface area (TPSA) is 114 Å². The first-order chi connectivity index (χ1) is 15.8. The smallest absolute Gasteiger partial charge is 0.276 e. The standard InChI is InChI=1S/C23H25FN4O5/c1-28(8-9-32-2)23(31)20-21(30)19-17(22(27-20)26-18(29)13-33-3)11-15(12-25-19)10-14-4-6-16(24)7-5-14/h4-7,11-12,30H,8-10,13H2,1-3H3,(H,26,27,29). The Morgan fingerprint density at radius 2 is 1.88 bits per heavy atom. The van der Waals surface area contributed by atoms with Gasteiger partial charge in [0.1, 0.15) is 23.8 Å². The molecule has 2 aromatic heterocycles. The van der Waals surface area contributed by atoms with Crippen molar-refractivity contribution >= 4 is 28.5 Å². The Labute approximate surface area is 190 Å². The summed E-state index contributed by atoms with van der Waals surface area (Å²) in [5, 5.41) is 13.8. The average molecular weight is 456 g/mol. The maximum absolute atomic E-state index is 13.2. The van der Waals surface area contributed by atoms with Crippen LogP contribution in [0.2, 0.25) is 0 Å². The molecular formula is C23H25FN4O5. The minimum absolute atomic E-state index is 0.0711. The van der Waals surface area contributed by atoms with Crippen LogP contribution in [-0.2, 0) is 20.7 Å². The van der Waals surface area contributed by atoms with Gasteiger partial charge in [0, 0.05) is 39.4 Å². The molecule has 0 aliphatic heterocycles. The van der Waals surface area contributed by atoms with Crippen molar-refractivity contribution in [2.75, 3.05) is 46.3 Å². The van der Waals surface area contributed by atoms with Gasteiger partial charge in [-0.3, -0.25) is 14.6 Å². The van der Waals surface area contributed by atoms with Gasteiger partial charge in [-0.25, -0.2) is 9.37 Å². The fourth-order valence-electron chi connectivity index (χ4n) is 3.20. The molecule has 33 heavy (non-hydrogen) atoms. The number of hydrogen-bond acceptors (Lipinski definition) is 7. The maximum Gasteiger partial charge on any atom is 0.276 e. The van der Waals surface area contributed by atoms with Crippen LogP contribution in [0.25, 0.3) is 10.9 Å². The second-order valence-electron chi connectivity index (χ2n) is 7.40. The van der Waals surface area contributed by atoms with Gasteiger partial charge >= 0.3 is 0 Å². The molecule has 9 nitrogen and oxygen atoms in total. The lowest BCUT2D eigenvalue weighted by atomic mass is 10.0. The number of fused-ring (bicyclic) bond motifs is 1. The number of aromatic nitrogens is 2. The Morgan fingerprint density at radius 1 is 1.15 bits per heavy atom. The molecule has 0 aliphatic rings. The number of benzene rings is 1. The van der Waals surface area contributed by atoms with E-state index < -0.39 is 17.6 Å². The number of methoxy groups -OCH3 is 2. The molecule has 0 saturated heterocycles. The van der Waals surface area contributed by atoms with E-state index >= 15 is 0 Å². The van der Waals surface area contributed by atoms with Crippen LogP contribution in [0, 0.1) is 5.82 Å². The van der Waals surface area contributed by atoms with Gasteiger partial charge in [-0.2, -0.15) is 0 Å². The lowest BCUT2D eigenvalue weighted by Crippen LogP contribution is -2.31. The van der Waals surface area contributed by atoms with Crippen LogP contribution < -0.4 is 5.32 Å². The Morgan fingerprint density at radius 3 is 2.55 bits per heavy atom. The van der Waals surface area contributed by atoms with Crippen LogP contribution in [-0.4, -0.2) is 72.8 Å². The summed E-state index contributed by atoms with van der Waals surface area (Å²) in [6.45, 7) is 0.368. The van der Waals surface area contributed by atoms with Crippen molar-refractivity contribution in [3.8, 4) is 5.75 Å². The average Bonchev–Trinajstić information content (AvgIpc) is 2.80. The Kier molecular flexibility index (Phi) is 7.86. The third kappa shape index (κ3) is 5.79.